The molecule has 2 N–H and O–H groups in total. The van der Waals surface area contributed by atoms with Crippen molar-refractivity contribution < 1.29 is 9.59 Å². The molecule has 0 spiro atoms. The van der Waals surface area contributed by atoms with Crippen LogP contribution in [0.3, 0.4) is 0 Å². The maximum Gasteiger partial charge on any atom is 0.252 e. The lowest BCUT2D eigenvalue weighted by Crippen LogP contribution is -2.29. The van der Waals surface area contributed by atoms with Gasteiger partial charge in [0.2, 0.25) is 5.91 Å². The van der Waals surface area contributed by atoms with Gasteiger partial charge in [0, 0.05) is 17.6 Å². The maximum absolute atomic E-state index is 12.6. The number of nitrogens with one attached hydrogen (secondary N) is 2. The molecule has 0 unspecified atom stereocenters. The predicted molar refractivity (Wildman–Crippen MR) is 124 cm³/mol. The molecule has 162 valence electrons. The van der Waals surface area contributed by atoms with E-state index in [4.69, 9.17) is 23.2 Å². The third-order valence-electron chi connectivity index (χ3n) is 4.53. The normalized spacial score (nSPS) is 11.8. The minimum atomic E-state index is -0.363. The molecule has 2 aromatic carbocycles. The molecule has 1 aromatic heterocycles. The molecule has 3 aromatic rings. The van der Waals surface area contributed by atoms with Crippen molar-refractivity contribution in [3.63, 3.8) is 0 Å². The van der Waals surface area contributed by atoms with Crippen LogP contribution in [0.5, 0.6) is 0 Å². The standard InChI is InChI=1S/C21H21Cl2N5O2S/c1-12-6-4-5-7-15(12)20(30)24-13(2)19-26-27-21(28(19)3)31-11-18(29)25-17-10-14(22)8-9-16(17)23/h4-10,13H,11H2,1-3H3,(H,24,30)(H,25,29)/t13-/m0/s1. The number of aromatic nitrogens is 3. The fourth-order valence-electron chi connectivity index (χ4n) is 2.91. The fourth-order valence-corrected chi connectivity index (χ4v) is 3.96. The molecule has 0 radical (unpaired) electrons. The van der Waals surface area contributed by atoms with Crippen LogP contribution in [-0.2, 0) is 11.8 Å². The summed E-state index contributed by atoms with van der Waals surface area (Å²) >= 11 is 13.2. The van der Waals surface area contributed by atoms with Gasteiger partial charge in [0.1, 0.15) is 0 Å². The van der Waals surface area contributed by atoms with Crippen molar-refractivity contribution in [1.82, 2.24) is 20.1 Å². The molecule has 1 heterocycles. The van der Waals surface area contributed by atoms with Gasteiger partial charge in [-0.25, -0.2) is 0 Å². The van der Waals surface area contributed by atoms with E-state index in [-0.39, 0.29) is 23.6 Å². The first-order valence-electron chi connectivity index (χ1n) is 9.39. The first-order valence-corrected chi connectivity index (χ1v) is 11.1. The Balaban J connectivity index is 1.60. The molecule has 3 rings (SSSR count). The Morgan fingerprint density at radius 2 is 1.90 bits per heavy atom. The van der Waals surface area contributed by atoms with Gasteiger partial charge in [0.15, 0.2) is 11.0 Å². The summed E-state index contributed by atoms with van der Waals surface area (Å²) in [6, 6.07) is 11.9. The van der Waals surface area contributed by atoms with E-state index in [1.807, 2.05) is 32.0 Å². The molecular weight excluding hydrogens is 457 g/mol. The van der Waals surface area contributed by atoms with Crippen LogP contribution in [0.25, 0.3) is 0 Å². The number of aryl methyl sites for hydroxylation is 1. The number of nitrogens with zero attached hydrogens (tertiary/aromatic N) is 3. The third kappa shape index (κ3) is 5.78. The number of halogens is 2. The van der Waals surface area contributed by atoms with E-state index in [1.165, 1.54) is 11.8 Å². The highest BCUT2D eigenvalue weighted by molar-refractivity contribution is 7.99. The number of carbonyl (C=O) groups is 2. The van der Waals surface area contributed by atoms with Gasteiger partial charge in [-0.2, -0.15) is 0 Å². The summed E-state index contributed by atoms with van der Waals surface area (Å²) in [5.41, 5.74) is 1.96. The number of carbonyl (C=O) groups excluding carboxylic acids is 2. The van der Waals surface area contributed by atoms with Gasteiger partial charge in [0.05, 0.1) is 22.5 Å². The lowest BCUT2D eigenvalue weighted by atomic mass is 10.1. The molecule has 1 atom stereocenters. The molecule has 7 nitrogen and oxygen atoms in total. The number of rotatable bonds is 7. The second kappa shape index (κ2) is 10.2. The zero-order valence-corrected chi connectivity index (χ0v) is 19.5. The molecule has 31 heavy (non-hydrogen) atoms. The van der Waals surface area contributed by atoms with Gasteiger partial charge in [-0.15, -0.1) is 10.2 Å². The van der Waals surface area contributed by atoms with Crippen LogP contribution >= 0.6 is 35.0 Å². The van der Waals surface area contributed by atoms with Crippen LogP contribution in [0.15, 0.2) is 47.6 Å². The summed E-state index contributed by atoms with van der Waals surface area (Å²) in [6.45, 7) is 3.72. The molecule has 0 saturated carbocycles. The summed E-state index contributed by atoms with van der Waals surface area (Å²) in [6.07, 6.45) is 0. The minimum absolute atomic E-state index is 0.110. The summed E-state index contributed by atoms with van der Waals surface area (Å²) in [4.78, 5) is 24.8. The summed E-state index contributed by atoms with van der Waals surface area (Å²) < 4.78 is 1.76. The van der Waals surface area contributed by atoms with Gasteiger partial charge < -0.3 is 15.2 Å². The molecule has 0 saturated heterocycles. The Morgan fingerprint density at radius 1 is 1.16 bits per heavy atom. The summed E-state index contributed by atoms with van der Waals surface area (Å²) in [5.74, 6) is 0.265. The topological polar surface area (TPSA) is 88.9 Å². The van der Waals surface area contributed by atoms with Crippen LogP contribution in [0, 0.1) is 6.92 Å². The largest absolute Gasteiger partial charge is 0.342 e. The highest BCUT2D eigenvalue weighted by Crippen LogP contribution is 2.26. The van der Waals surface area contributed by atoms with Crippen molar-refractivity contribution in [3.05, 3.63) is 69.5 Å². The second-order valence-corrected chi connectivity index (χ2v) is 8.66. The zero-order valence-electron chi connectivity index (χ0n) is 17.1. The monoisotopic (exact) mass is 477 g/mol. The Kier molecular flexibility index (Phi) is 7.59. The second-order valence-electron chi connectivity index (χ2n) is 6.87. The maximum atomic E-state index is 12.6. The Hall–Kier alpha value is -2.55. The average Bonchev–Trinajstić information content (AvgIpc) is 3.10. The smallest absolute Gasteiger partial charge is 0.252 e. The van der Waals surface area contributed by atoms with Crippen molar-refractivity contribution in [3.8, 4) is 0 Å². The van der Waals surface area contributed by atoms with Crippen molar-refractivity contribution in [2.75, 3.05) is 11.1 Å². The zero-order chi connectivity index (χ0) is 22.5. The van der Waals surface area contributed by atoms with Crippen LogP contribution in [0.2, 0.25) is 10.0 Å². The quantitative estimate of drug-likeness (QED) is 0.483. The lowest BCUT2D eigenvalue weighted by molar-refractivity contribution is -0.113. The number of benzene rings is 2. The lowest BCUT2D eigenvalue weighted by Gasteiger charge is -2.14. The van der Waals surface area contributed by atoms with Crippen LogP contribution in [-0.4, -0.2) is 32.3 Å². The van der Waals surface area contributed by atoms with E-state index in [2.05, 4.69) is 20.8 Å². The highest BCUT2D eigenvalue weighted by Gasteiger charge is 2.19. The number of hydrogen-bond acceptors (Lipinski definition) is 5. The summed E-state index contributed by atoms with van der Waals surface area (Å²) in [5, 5.41) is 15.4. The number of amides is 2. The van der Waals surface area contributed by atoms with E-state index in [0.29, 0.717) is 32.3 Å². The van der Waals surface area contributed by atoms with Crippen molar-refractivity contribution in [1.29, 1.82) is 0 Å². The van der Waals surface area contributed by atoms with Crippen molar-refractivity contribution in [2.45, 2.75) is 25.0 Å². The molecule has 0 bridgehead atoms. The van der Waals surface area contributed by atoms with Crippen molar-refractivity contribution in [2.24, 2.45) is 7.05 Å². The van der Waals surface area contributed by atoms with Gasteiger partial charge in [-0.1, -0.05) is 53.2 Å². The molecule has 0 aliphatic heterocycles. The van der Waals surface area contributed by atoms with E-state index in [9.17, 15) is 9.59 Å². The summed E-state index contributed by atoms with van der Waals surface area (Å²) in [7, 11) is 1.79. The molecule has 2 amide bonds. The van der Waals surface area contributed by atoms with Gasteiger partial charge >= 0.3 is 0 Å². The Morgan fingerprint density at radius 3 is 2.65 bits per heavy atom. The minimum Gasteiger partial charge on any atom is -0.342 e. The molecule has 0 aliphatic rings. The van der Waals surface area contributed by atoms with Crippen LogP contribution in [0.4, 0.5) is 5.69 Å². The Bertz CT molecular complexity index is 1120. The fraction of sp³-hybridized carbons (Fsp3) is 0.238. The van der Waals surface area contributed by atoms with Gasteiger partial charge in [0.25, 0.3) is 5.91 Å². The Labute approximate surface area is 194 Å². The van der Waals surface area contributed by atoms with Crippen LogP contribution in [0.1, 0.15) is 34.7 Å². The average molecular weight is 478 g/mol. The van der Waals surface area contributed by atoms with E-state index in [1.54, 1.807) is 35.9 Å². The predicted octanol–water partition coefficient (Wildman–Crippen LogP) is 4.65. The number of thioether (sulfide) groups is 1. The SMILES string of the molecule is Cc1ccccc1C(=O)N[C@@H](C)c1nnc(SCC(=O)Nc2cc(Cl)ccc2Cl)n1C. The third-order valence-corrected chi connectivity index (χ3v) is 6.11. The molecular formula is C21H21Cl2N5O2S. The number of anilines is 1. The van der Waals surface area contributed by atoms with Gasteiger partial charge in [-0.05, 0) is 43.7 Å². The van der Waals surface area contributed by atoms with Gasteiger partial charge in [-0.3, -0.25) is 9.59 Å². The van der Waals surface area contributed by atoms with Crippen LogP contribution < -0.4 is 10.6 Å². The molecule has 10 heteroatoms. The van der Waals surface area contributed by atoms with E-state index < -0.39 is 0 Å². The highest BCUT2D eigenvalue weighted by atomic mass is 35.5. The van der Waals surface area contributed by atoms with E-state index >= 15 is 0 Å². The first kappa shape index (κ1) is 23.1. The van der Waals surface area contributed by atoms with Crippen molar-refractivity contribution >= 4 is 52.5 Å². The van der Waals surface area contributed by atoms with E-state index in [0.717, 1.165) is 5.56 Å². The molecule has 0 aliphatic carbocycles. The number of hydrogen-bond donors (Lipinski definition) is 2. The first-order chi connectivity index (χ1) is 14.8. The molecule has 0 fully saturated rings.